The molecule has 1 saturated heterocycles. The van der Waals surface area contributed by atoms with E-state index in [0.717, 1.165) is 19.3 Å². The van der Waals surface area contributed by atoms with Crippen LogP contribution in [0.4, 0.5) is 0 Å². The second-order valence-corrected chi connectivity index (χ2v) is 6.43. The minimum absolute atomic E-state index is 0.0168. The van der Waals surface area contributed by atoms with Crippen LogP contribution in [-0.2, 0) is 9.59 Å². The molecule has 3 aliphatic rings. The average Bonchev–Trinajstić information content (AvgIpc) is 3.08. The van der Waals surface area contributed by atoms with Crippen molar-refractivity contribution in [2.75, 3.05) is 6.54 Å². The molecule has 1 aliphatic heterocycles. The number of hydrogen-bond donors (Lipinski definition) is 1. The molecule has 3 rings (SSSR count). The number of nitrogens with one attached hydrogen (secondary N) is 1. The van der Waals surface area contributed by atoms with E-state index in [1.54, 1.807) is 0 Å². The zero-order valence-corrected chi connectivity index (χ0v) is 11.2. The van der Waals surface area contributed by atoms with Gasteiger partial charge in [0.25, 0.3) is 0 Å². The number of nitrogens with zero attached hydrogens (tertiary/aromatic N) is 1. The molecule has 2 amide bonds. The van der Waals surface area contributed by atoms with E-state index in [9.17, 15) is 9.59 Å². The molecule has 1 heterocycles. The van der Waals surface area contributed by atoms with Gasteiger partial charge in [0.2, 0.25) is 11.8 Å². The van der Waals surface area contributed by atoms with Crippen molar-refractivity contribution >= 4 is 11.8 Å². The van der Waals surface area contributed by atoms with Crippen LogP contribution in [0.3, 0.4) is 0 Å². The van der Waals surface area contributed by atoms with Gasteiger partial charge < -0.3 is 10.2 Å². The van der Waals surface area contributed by atoms with Crippen molar-refractivity contribution < 1.29 is 9.59 Å². The Morgan fingerprint density at radius 1 is 1.22 bits per heavy atom. The van der Waals surface area contributed by atoms with Gasteiger partial charge in [0, 0.05) is 6.04 Å². The van der Waals surface area contributed by atoms with Gasteiger partial charge in [-0.2, -0.15) is 0 Å². The minimum Gasteiger partial charge on any atom is -0.340 e. The lowest BCUT2D eigenvalue weighted by Gasteiger charge is -2.43. The minimum atomic E-state index is -0.627. The summed E-state index contributed by atoms with van der Waals surface area (Å²) in [6.07, 6.45) is 5.54. The molecule has 3 fully saturated rings. The summed E-state index contributed by atoms with van der Waals surface area (Å²) in [6.45, 7) is 4.37. The topological polar surface area (TPSA) is 49.4 Å². The van der Waals surface area contributed by atoms with Crippen LogP contribution in [-0.4, -0.2) is 34.8 Å². The van der Waals surface area contributed by atoms with Gasteiger partial charge in [-0.15, -0.1) is 0 Å². The first-order valence-electron chi connectivity index (χ1n) is 7.14. The van der Waals surface area contributed by atoms with Gasteiger partial charge in [-0.1, -0.05) is 13.3 Å². The van der Waals surface area contributed by atoms with E-state index in [0.29, 0.717) is 11.8 Å². The third-order valence-electron chi connectivity index (χ3n) is 5.03. The summed E-state index contributed by atoms with van der Waals surface area (Å²) in [6, 6.07) is 0.279. The molecule has 4 heteroatoms. The number of carbonyl (C=O) groups excluding carboxylic acids is 2. The van der Waals surface area contributed by atoms with Crippen molar-refractivity contribution in [2.45, 2.75) is 57.5 Å². The molecule has 0 aromatic rings. The molecule has 18 heavy (non-hydrogen) atoms. The summed E-state index contributed by atoms with van der Waals surface area (Å²) in [5.74, 6) is 1.06. The average molecular weight is 250 g/mol. The SMILES string of the molecule is CC1CCCC1N1CC(=O)NC(C)(C2CC2)C1=O. The van der Waals surface area contributed by atoms with E-state index >= 15 is 0 Å². The third-order valence-corrected chi connectivity index (χ3v) is 5.03. The zero-order chi connectivity index (χ0) is 12.9. The molecular weight excluding hydrogens is 228 g/mol. The summed E-state index contributed by atoms with van der Waals surface area (Å²) in [5.41, 5.74) is -0.627. The Labute approximate surface area is 108 Å². The van der Waals surface area contributed by atoms with E-state index in [1.165, 1.54) is 12.8 Å². The van der Waals surface area contributed by atoms with E-state index < -0.39 is 5.54 Å². The summed E-state index contributed by atoms with van der Waals surface area (Å²) in [5, 5.41) is 2.94. The second kappa shape index (κ2) is 3.97. The highest BCUT2D eigenvalue weighted by atomic mass is 16.2. The predicted molar refractivity (Wildman–Crippen MR) is 67.8 cm³/mol. The Balaban J connectivity index is 1.85. The number of hydrogen-bond acceptors (Lipinski definition) is 2. The highest BCUT2D eigenvalue weighted by molar-refractivity contribution is 5.98. The van der Waals surface area contributed by atoms with Gasteiger partial charge in [-0.3, -0.25) is 9.59 Å². The van der Waals surface area contributed by atoms with Gasteiger partial charge >= 0.3 is 0 Å². The Bertz CT molecular complexity index is 391. The first-order chi connectivity index (χ1) is 8.52. The molecule has 0 aromatic heterocycles. The number of rotatable bonds is 2. The molecule has 3 unspecified atom stereocenters. The van der Waals surface area contributed by atoms with E-state index in [1.807, 2.05) is 11.8 Å². The van der Waals surface area contributed by atoms with Crippen LogP contribution >= 0.6 is 0 Å². The molecular formula is C14H22N2O2. The Morgan fingerprint density at radius 3 is 2.50 bits per heavy atom. The van der Waals surface area contributed by atoms with Crippen LogP contribution < -0.4 is 5.32 Å². The normalized spacial score (nSPS) is 41.1. The molecule has 3 atom stereocenters. The maximum atomic E-state index is 12.7. The van der Waals surface area contributed by atoms with E-state index in [4.69, 9.17) is 0 Å². The molecule has 100 valence electrons. The van der Waals surface area contributed by atoms with E-state index in [2.05, 4.69) is 12.2 Å². The van der Waals surface area contributed by atoms with Crippen molar-refractivity contribution in [2.24, 2.45) is 11.8 Å². The Kier molecular flexibility index (Phi) is 2.65. The quantitative estimate of drug-likeness (QED) is 0.803. The van der Waals surface area contributed by atoms with Crippen molar-refractivity contribution in [3.05, 3.63) is 0 Å². The number of carbonyl (C=O) groups is 2. The zero-order valence-electron chi connectivity index (χ0n) is 11.2. The highest BCUT2D eigenvalue weighted by Gasteiger charge is 2.54. The van der Waals surface area contributed by atoms with Crippen molar-refractivity contribution in [1.82, 2.24) is 10.2 Å². The first kappa shape index (κ1) is 12.0. The fourth-order valence-corrected chi connectivity index (χ4v) is 3.70. The molecule has 2 aliphatic carbocycles. The molecule has 1 N–H and O–H groups in total. The summed E-state index contributed by atoms with van der Waals surface area (Å²) >= 11 is 0. The maximum absolute atomic E-state index is 12.7. The Morgan fingerprint density at radius 2 is 1.94 bits per heavy atom. The highest BCUT2D eigenvalue weighted by Crippen LogP contribution is 2.43. The molecule has 0 spiro atoms. The first-order valence-corrected chi connectivity index (χ1v) is 7.14. The van der Waals surface area contributed by atoms with Crippen LogP contribution in [0.2, 0.25) is 0 Å². The monoisotopic (exact) mass is 250 g/mol. The van der Waals surface area contributed by atoms with Crippen LogP contribution in [0.15, 0.2) is 0 Å². The Hall–Kier alpha value is -1.06. The predicted octanol–water partition coefficient (Wildman–Crippen LogP) is 1.30. The number of piperazine rings is 1. The van der Waals surface area contributed by atoms with Crippen LogP contribution in [0.1, 0.15) is 46.0 Å². The van der Waals surface area contributed by atoms with E-state index in [-0.39, 0.29) is 24.4 Å². The summed E-state index contributed by atoms with van der Waals surface area (Å²) < 4.78 is 0. The van der Waals surface area contributed by atoms with Crippen LogP contribution in [0.25, 0.3) is 0 Å². The smallest absolute Gasteiger partial charge is 0.249 e. The lowest BCUT2D eigenvalue weighted by molar-refractivity contribution is -0.153. The molecule has 4 nitrogen and oxygen atoms in total. The van der Waals surface area contributed by atoms with Crippen molar-refractivity contribution in [3.8, 4) is 0 Å². The van der Waals surface area contributed by atoms with Crippen LogP contribution in [0, 0.1) is 11.8 Å². The second-order valence-electron chi connectivity index (χ2n) is 6.43. The van der Waals surface area contributed by atoms with Crippen molar-refractivity contribution in [1.29, 1.82) is 0 Å². The lowest BCUT2D eigenvalue weighted by atomic mass is 9.89. The maximum Gasteiger partial charge on any atom is 0.249 e. The standard InChI is InChI=1S/C14H22N2O2/c1-9-4-3-5-11(9)16-8-12(17)15-14(2,13(16)18)10-6-7-10/h9-11H,3-8H2,1-2H3,(H,15,17). The number of amides is 2. The van der Waals surface area contributed by atoms with Gasteiger partial charge in [0.15, 0.2) is 0 Å². The molecule has 0 bridgehead atoms. The van der Waals surface area contributed by atoms with Gasteiger partial charge in [-0.05, 0) is 44.4 Å². The fourth-order valence-electron chi connectivity index (χ4n) is 3.70. The lowest BCUT2D eigenvalue weighted by Crippen LogP contribution is -2.68. The third kappa shape index (κ3) is 1.73. The summed E-state index contributed by atoms with van der Waals surface area (Å²) in [4.78, 5) is 26.5. The summed E-state index contributed by atoms with van der Waals surface area (Å²) in [7, 11) is 0. The fraction of sp³-hybridized carbons (Fsp3) is 0.857. The van der Waals surface area contributed by atoms with Crippen molar-refractivity contribution in [3.63, 3.8) is 0 Å². The van der Waals surface area contributed by atoms with Gasteiger partial charge in [0.05, 0.1) is 6.54 Å². The molecule has 0 aromatic carbocycles. The largest absolute Gasteiger partial charge is 0.340 e. The molecule has 2 saturated carbocycles. The molecule has 0 radical (unpaired) electrons. The van der Waals surface area contributed by atoms with Crippen LogP contribution in [0.5, 0.6) is 0 Å². The van der Waals surface area contributed by atoms with Gasteiger partial charge in [0.1, 0.15) is 5.54 Å². The van der Waals surface area contributed by atoms with Gasteiger partial charge in [-0.25, -0.2) is 0 Å².